The van der Waals surface area contributed by atoms with E-state index >= 15 is 0 Å². The number of aromatic nitrogens is 2. The lowest BCUT2D eigenvalue weighted by Crippen LogP contribution is -2.33. The molecule has 1 aliphatic rings. The van der Waals surface area contributed by atoms with Crippen LogP contribution in [0.1, 0.15) is 43.1 Å². The predicted molar refractivity (Wildman–Crippen MR) is 99.5 cm³/mol. The average molecular weight is 355 g/mol. The first kappa shape index (κ1) is 16.5. The summed E-state index contributed by atoms with van der Waals surface area (Å²) in [5.74, 6) is -0.232. The van der Waals surface area contributed by atoms with Crippen LogP contribution in [0.15, 0.2) is 47.3 Å². The molecule has 2 aromatic heterocycles. The molecule has 5 heteroatoms. The van der Waals surface area contributed by atoms with E-state index in [0.717, 1.165) is 25.1 Å². The number of thiophene rings is 1. The van der Waals surface area contributed by atoms with Crippen molar-refractivity contribution < 1.29 is 4.39 Å². The Balaban J connectivity index is 1.67. The SMILES string of the molecule is CC1(C)Cc2c(cnn2-c2cccc(F)c2)[C@@H](NCc2ccsc2)C1. The van der Waals surface area contributed by atoms with Gasteiger partial charge in [-0.3, -0.25) is 0 Å². The van der Waals surface area contributed by atoms with Gasteiger partial charge in [0.25, 0.3) is 0 Å². The highest BCUT2D eigenvalue weighted by atomic mass is 32.1. The van der Waals surface area contributed by atoms with Crippen LogP contribution in [0.2, 0.25) is 0 Å². The molecule has 0 saturated carbocycles. The van der Waals surface area contributed by atoms with Crippen LogP contribution >= 0.6 is 11.3 Å². The Morgan fingerprint density at radius 1 is 1.36 bits per heavy atom. The molecular weight excluding hydrogens is 333 g/mol. The molecule has 0 radical (unpaired) electrons. The zero-order valence-corrected chi connectivity index (χ0v) is 15.3. The molecule has 1 N–H and O–H groups in total. The van der Waals surface area contributed by atoms with Gasteiger partial charge in [0.1, 0.15) is 5.82 Å². The summed E-state index contributed by atoms with van der Waals surface area (Å²) in [6.07, 6.45) is 3.95. The quantitative estimate of drug-likeness (QED) is 0.723. The maximum Gasteiger partial charge on any atom is 0.125 e. The fourth-order valence-corrected chi connectivity index (χ4v) is 4.36. The summed E-state index contributed by atoms with van der Waals surface area (Å²) in [5, 5.41) is 12.6. The van der Waals surface area contributed by atoms with Gasteiger partial charge >= 0.3 is 0 Å². The number of hydrogen-bond acceptors (Lipinski definition) is 3. The topological polar surface area (TPSA) is 29.9 Å². The fraction of sp³-hybridized carbons (Fsp3) is 0.350. The van der Waals surface area contributed by atoms with E-state index in [0.29, 0.717) is 0 Å². The highest BCUT2D eigenvalue weighted by Gasteiger charge is 2.35. The van der Waals surface area contributed by atoms with Crippen LogP contribution in [-0.2, 0) is 13.0 Å². The highest BCUT2D eigenvalue weighted by molar-refractivity contribution is 7.07. The Morgan fingerprint density at radius 2 is 2.24 bits per heavy atom. The number of benzene rings is 1. The zero-order chi connectivity index (χ0) is 17.4. The zero-order valence-electron chi connectivity index (χ0n) is 14.5. The van der Waals surface area contributed by atoms with Gasteiger partial charge in [0, 0.05) is 23.8 Å². The third kappa shape index (κ3) is 3.39. The first-order valence-electron chi connectivity index (χ1n) is 8.59. The smallest absolute Gasteiger partial charge is 0.125 e. The Bertz CT molecular complexity index is 867. The molecule has 2 heterocycles. The molecule has 0 unspecified atom stereocenters. The third-order valence-electron chi connectivity index (χ3n) is 4.86. The van der Waals surface area contributed by atoms with E-state index in [4.69, 9.17) is 0 Å². The van der Waals surface area contributed by atoms with E-state index in [1.807, 2.05) is 16.9 Å². The molecule has 25 heavy (non-hydrogen) atoms. The second-order valence-electron chi connectivity index (χ2n) is 7.55. The highest BCUT2D eigenvalue weighted by Crippen LogP contribution is 2.41. The van der Waals surface area contributed by atoms with Gasteiger partial charge in [0.05, 0.1) is 11.9 Å². The van der Waals surface area contributed by atoms with Crippen molar-refractivity contribution in [3.05, 3.63) is 69.9 Å². The average Bonchev–Trinajstić information content (AvgIpc) is 3.21. The summed E-state index contributed by atoms with van der Waals surface area (Å²) in [7, 11) is 0. The Kier molecular flexibility index (Phi) is 4.21. The Morgan fingerprint density at radius 3 is 3.00 bits per heavy atom. The predicted octanol–water partition coefficient (Wildman–Crippen LogP) is 4.88. The molecule has 1 aliphatic carbocycles. The number of nitrogens with one attached hydrogen (secondary N) is 1. The summed E-state index contributed by atoms with van der Waals surface area (Å²) in [4.78, 5) is 0. The van der Waals surface area contributed by atoms with E-state index < -0.39 is 0 Å². The third-order valence-corrected chi connectivity index (χ3v) is 5.60. The minimum Gasteiger partial charge on any atom is -0.306 e. The van der Waals surface area contributed by atoms with Gasteiger partial charge in [-0.05, 0) is 58.8 Å². The van der Waals surface area contributed by atoms with Crippen LogP contribution in [0.5, 0.6) is 0 Å². The van der Waals surface area contributed by atoms with Crippen molar-refractivity contribution in [2.24, 2.45) is 5.41 Å². The summed E-state index contributed by atoms with van der Waals surface area (Å²) in [6.45, 7) is 5.44. The van der Waals surface area contributed by atoms with E-state index in [9.17, 15) is 4.39 Å². The lowest BCUT2D eigenvalue weighted by atomic mass is 9.74. The molecule has 3 nitrogen and oxygen atoms in total. The van der Waals surface area contributed by atoms with Crippen molar-refractivity contribution in [2.75, 3.05) is 0 Å². The van der Waals surface area contributed by atoms with Crippen molar-refractivity contribution in [2.45, 2.75) is 39.3 Å². The standard InChI is InChI=1S/C20H22FN3S/c1-20(2)9-18(22-11-14-6-7-25-13-14)17-12-23-24(19(17)10-20)16-5-3-4-15(21)8-16/h3-8,12-13,18,22H,9-11H2,1-2H3/t18-/m0/s1. The molecule has 0 bridgehead atoms. The molecule has 1 atom stereocenters. The molecule has 0 fully saturated rings. The molecule has 130 valence electrons. The summed E-state index contributed by atoms with van der Waals surface area (Å²) in [5.41, 5.74) is 4.69. The van der Waals surface area contributed by atoms with Crippen LogP contribution in [0, 0.1) is 11.2 Å². The van der Waals surface area contributed by atoms with Gasteiger partial charge in [-0.2, -0.15) is 16.4 Å². The first-order chi connectivity index (χ1) is 12.0. The van der Waals surface area contributed by atoms with Gasteiger partial charge in [0.15, 0.2) is 0 Å². The molecule has 4 rings (SSSR count). The summed E-state index contributed by atoms with van der Waals surface area (Å²) < 4.78 is 15.5. The van der Waals surface area contributed by atoms with E-state index in [2.05, 4.69) is 41.1 Å². The van der Waals surface area contributed by atoms with Crippen molar-refractivity contribution in [3.8, 4) is 5.69 Å². The van der Waals surface area contributed by atoms with Crippen molar-refractivity contribution in [1.82, 2.24) is 15.1 Å². The number of hydrogen-bond donors (Lipinski definition) is 1. The van der Waals surface area contributed by atoms with Crippen molar-refractivity contribution in [3.63, 3.8) is 0 Å². The molecule has 3 aromatic rings. The molecule has 0 saturated heterocycles. The van der Waals surface area contributed by atoms with Crippen LogP contribution in [-0.4, -0.2) is 9.78 Å². The monoisotopic (exact) mass is 355 g/mol. The molecule has 0 aliphatic heterocycles. The fourth-order valence-electron chi connectivity index (χ4n) is 3.69. The van der Waals surface area contributed by atoms with Gasteiger partial charge in [0.2, 0.25) is 0 Å². The van der Waals surface area contributed by atoms with Gasteiger partial charge in [-0.1, -0.05) is 19.9 Å². The van der Waals surface area contributed by atoms with Crippen LogP contribution in [0.25, 0.3) is 5.69 Å². The molecule has 1 aromatic carbocycles. The normalized spacial score (nSPS) is 18.9. The van der Waals surface area contributed by atoms with E-state index in [1.54, 1.807) is 23.5 Å². The second kappa shape index (κ2) is 6.39. The maximum absolute atomic E-state index is 13.6. The number of rotatable bonds is 4. The lowest BCUT2D eigenvalue weighted by molar-refractivity contribution is 0.253. The minimum absolute atomic E-state index is 0.171. The van der Waals surface area contributed by atoms with Gasteiger partial charge < -0.3 is 5.32 Å². The first-order valence-corrected chi connectivity index (χ1v) is 9.53. The molecule has 0 amide bonds. The molecular formula is C20H22FN3S. The maximum atomic E-state index is 13.6. The van der Waals surface area contributed by atoms with Crippen molar-refractivity contribution in [1.29, 1.82) is 0 Å². The largest absolute Gasteiger partial charge is 0.306 e. The van der Waals surface area contributed by atoms with Crippen molar-refractivity contribution >= 4 is 11.3 Å². The number of fused-ring (bicyclic) bond motifs is 1. The Labute approximate surface area is 151 Å². The van der Waals surface area contributed by atoms with Gasteiger partial charge in [-0.15, -0.1) is 0 Å². The second-order valence-corrected chi connectivity index (χ2v) is 8.33. The number of nitrogens with zero attached hydrogens (tertiary/aromatic N) is 2. The minimum atomic E-state index is -0.232. The van der Waals surface area contributed by atoms with Gasteiger partial charge in [-0.25, -0.2) is 9.07 Å². The molecule has 0 spiro atoms. The number of halogens is 1. The summed E-state index contributed by atoms with van der Waals surface area (Å²) in [6, 6.07) is 9.08. The van der Waals surface area contributed by atoms with Crippen LogP contribution in [0.3, 0.4) is 0 Å². The van der Waals surface area contributed by atoms with Crippen LogP contribution < -0.4 is 5.32 Å². The lowest BCUT2D eigenvalue weighted by Gasteiger charge is -2.36. The Hall–Kier alpha value is -1.98. The van der Waals surface area contributed by atoms with E-state index in [1.165, 1.54) is 22.9 Å². The van der Waals surface area contributed by atoms with Crippen LogP contribution in [0.4, 0.5) is 4.39 Å². The summed E-state index contributed by atoms with van der Waals surface area (Å²) >= 11 is 1.72. The van der Waals surface area contributed by atoms with E-state index in [-0.39, 0.29) is 17.3 Å².